The summed E-state index contributed by atoms with van der Waals surface area (Å²) in [4.78, 5) is 25.2. The van der Waals surface area contributed by atoms with E-state index < -0.39 is 23.5 Å². The van der Waals surface area contributed by atoms with Crippen molar-refractivity contribution >= 4 is 35.0 Å². The Balaban J connectivity index is 1.78. The van der Waals surface area contributed by atoms with Crippen LogP contribution in [0.4, 0.5) is 20.6 Å². The molecular weight excluding hydrogens is 389 g/mol. The zero-order valence-electron chi connectivity index (χ0n) is 16.1. The highest BCUT2D eigenvalue weighted by Crippen LogP contribution is 2.39. The van der Waals surface area contributed by atoms with E-state index in [2.05, 4.69) is 10.6 Å². The fourth-order valence-electron chi connectivity index (χ4n) is 3.20. The number of aromatic carboxylic acids is 1. The summed E-state index contributed by atoms with van der Waals surface area (Å²) in [6, 6.07) is 1.15. The summed E-state index contributed by atoms with van der Waals surface area (Å²) in [7, 11) is 0. The summed E-state index contributed by atoms with van der Waals surface area (Å²) in [6.45, 7) is 6.17. The second kappa shape index (κ2) is 7.66. The molecule has 9 heteroatoms. The molecule has 1 saturated heterocycles. The van der Waals surface area contributed by atoms with Gasteiger partial charge in [-0.25, -0.2) is 14.0 Å². The summed E-state index contributed by atoms with van der Waals surface area (Å²) in [5, 5.41) is 15.2. The topological polar surface area (TPSA) is 90.9 Å². The summed E-state index contributed by atoms with van der Waals surface area (Å²) in [5.41, 5.74) is -0.657. The lowest BCUT2D eigenvalue weighted by atomic mass is 10.1. The van der Waals surface area contributed by atoms with E-state index in [1.807, 2.05) is 0 Å². The summed E-state index contributed by atoms with van der Waals surface area (Å²) >= 11 is 6.24. The van der Waals surface area contributed by atoms with E-state index in [0.717, 1.165) is 12.8 Å². The van der Waals surface area contributed by atoms with Gasteiger partial charge < -0.3 is 25.4 Å². The van der Waals surface area contributed by atoms with Crippen molar-refractivity contribution < 1.29 is 23.8 Å². The number of nitrogens with one attached hydrogen (secondary N) is 2. The summed E-state index contributed by atoms with van der Waals surface area (Å²) in [6.07, 6.45) is 1.83. The van der Waals surface area contributed by atoms with Crippen LogP contribution in [0.15, 0.2) is 6.07 Å². The molecule has 1 aromatic carbocycles. The number of hydrogen-bond acceptors (Lipinski definition) is 5. The standard InChI is InChI=1S/C19H25ClFN3O4/c1-19(2,3)28-18(27)23-11-6-7-24(9-11)16-13(20)8-12(17(25)26)15(14(16)21)22-10-4-5-10/h8,10-11,22H,4-7,9H2,1-3H3,(H,23,27)(H,25,26)/t11-/m0/s1. The number of carbonyl (C=O) groups is 2. The number of halogens is 2. The smallest absolute Gasteiger partial charge is 0.407 e. The Morgan fingerprint density at radius 3 is 2.54 bits per heavy atom. The Morgan fingerprint density at radius 1 is 1.29 bits per heavy atom. The Bertz CT molecular complexity index is 792. The average molecular weight is 414 g/mol. The number of hydrogen-bond donors (Lipinski definition) is 3. The number of nitrogens with zero attached hydrogens (tertiary/aromatic N) is 1. The van der Waals surface area contributed by atoms with E-state index in [0.29, 0.717) is 19.5 Å². The predicted molar refractivity (Wildman–Crippen MR) is 105 cm³/mol. The fourth-order valence-corrected chi connectivity index (χ4v) is 3.51. The molecule has 0 bridgehead atoms. The zero-order valence-corrected chi connectivity index (χ0v) is 16.9. The molecule has 1 aliphatic carbocycles. The molecule has 0 unspecified atom stereocenters. The molecule has 154 valence electrons. The predicted octanol–water partition coefficient (Wildman–Crippen LogP) is 3.86. The molecule has 1 heterocycles. The first-order chi connectivity index (χ1) is 13.0. The first-order valence-corrected chi connectivity index (χ1v) is 9.69. The van der Waals surface area contributed by atoms with Crippen molar-refractivity contribution in [2.24, 2.45) is 0 Å². The molecule has 3 N–H and O–H groups in total. The Labute approximate surface area is 168 Å². The third-order valence-electron chi connectivity index (χ3n) is 4.58. The SMILES string of the molecule is CC(C)(C)OC(=O)N[C@H]1CCN(c2c(Cl)cc(C(=O)O)c(NC3CC3)c2F)C1. The minimum absolute atomic E-state index is 0.0297. The maximum atomic E-state index is 15.2. The van der Waals surface area contributed by atoms with Crippen molar-refractivity contribution in [2.75, 3.05) is 23.3 Å². The van der Waals surface area contributed by atoms with Gasteiger partial charge in [0.05, 0.1) is 28.0 Å². The lowest BCUT2D eigenvalue weighted by Gasteiger charge is -2.24. The Morgan fingerprint density at radius 2 is 1.96 bits per heavy atom. The van der Waals surface area contributed by atoms with Crippen molar-refractivity contribution in [1.29, 1.82) is 0 Å². The molecule has 28 heavy (non-hydrogen) atoms. The van der Waals surface area contributed by atoms with Crippen LogP contribution in [0, 0.1) is 5.82 Å². The number of rotatable bonds is 5. The molecule has 7 nitrogen and oxygen atoms in total. The lowest BCUT2D eigenvalue weighted by molar-refractivity contribution is 0.0508. The number of carbonyl (C=O) groups excluding carboxylic acids is 1. The molecule has 0 aromatic heterocycles. The van der Waals surface area contributed by atoms with Crippen molar-refractivity contribution in [2.45, 2.75) is 57.7 Å². The lowest BCUT2D eigenvalue weighted by Crippen LogP contribution is -2.40. The molecule has 1 atom stereocenters. The van der Waals surface area contributed by atoms with Crippen LogP contribution >= 0.6 is 11.6 Å². The number of anilines is 2. The van der Waals surface area contributed by atoms with Crippen molar-refractivity contribution in [3.05, 3.63) is 22.5 Å². The molecule has 0 spiro atoms. The van der Waals surface area contributed by atoms with Crippen LogP contribution in [-0.2, 0) is 4.74 Å². The average Bonchev–Trinajstić information content (AvgIpc) is 3.26. The van der Waals surface area contributed by atoms with Gasteiger partial charge >= 0.3 is 12.1 Å². The van der Waals surface area contributed by atoms with Gasteiger partial charge in [0.25, 0.3) is 0 Å². The van der Waals surface area contributed by atoms with Gasteiger partial charge in [0.1, 0.15) is 5.60 Å². The van der Waals surface area contributed by atoms with Crippen LogP contribution in [0.1, 0.15) is 50.4 Å². The van der Waals surface area contributed by atoms with Crippen molar-refractivity contribution in [1.82, 2.24) is 5.32 Å². The number of ether oxygens (including phenoxy) is 1. The zero-order chi connectivity index (χ0) is 20.6. The molecule has 1 saturated carbocycles. The van der Waals surface area contributed by atoms with Gasteiger partial charge in [-0.2, -0.15) is 0 Å². The van der Waals surface area contributed by atoms with Crippen LogP contribution in [0.5, 0.6) is 0 Å². The van der Waals surface area contributed by atoms with Gasteiger partial charge in [-0.05, 0) is 46.1 Å². The van der Waals surface area contributed by atoms with E-state index in [-0.39, 0.29) is 34.0 Å². The Hall–Kier alpha value is -2.22. The minimum atomic E-state index is -1.23. The molecular formula is C19H25ClFN3O4. The van der Waals surface area contributed by atoms with Gasteiger partial charge in [0, 0.05) is 19.1 Å². The molecule has 1 amide bonds. The maximum Gasteiger partial charge on any atom is 0.407 e. The maximum absolute atomic E-state index is 15.2. The third-order valence-corrected chi connectivity index (χ3v) is 4.86. The molecule has 1 aromatic rings. The highest BCUT2D eigenvalue weighted by molar-refractivity contribution is 6.34. The molecule has 2 fully saturated rings. The molecule has 0 radical (unpaired) electrons. The van der Waals surface area contributed by atoms with Gasteiger partial charge in [-0.15, -0.1) is 0 Å². The second-order valence-corrected chi connectivity index (χ2v) is 8.65. The Kier molecular flexibility index (Phi) is 5.61. The van der Waals surface area contributed by atoms with Gasteiger partial charge in [0.15, 0.2) is 5.82 Å². The van der Waals surface area contributed by atoms with E-state index >= 15 is 4.39 Å². The first-order valence-electron chi connectivity index (χ1n) is 9.31. The second-order valence-electron chi connectivity index (χ2n) is 8.25. The fraction of sp³-hybridized carbons (Fsp3) is 0.579. The third kappa shape index (κ3) is 4.79. The van der Waals surface area contributed by atoms with Crippen molar-refractivity contribution in [3.8, 4) is 0 Å². The quantitative estimate of drug-likeness (QED) is 0.679. The van der Waals surface area contributed by atoms with Crippen LogP contribution in [-0.4, -0.2) is 47.9 Å². The summed E-state index contributed by atoms with van der Waals surface area (Å²) < 4.78 is 20.5. The first kappa shape index (κ1) is 20.5. The van der Waals surface area contributed by atoms with Gasteiger partial charge in [0.2, 0.25) is 0 Å². The van der Waals surface area contributed by atoms with Crippen LogP contribution in [0.2, 0.25) is 5.02 Å². The number of carboxylic acid groups (broad SMARTS) is 1. The number of amides is 1. The number of alkyl carbamates (subject to hydrolysis) is 1. The largest absolute Gasteiger partial charge is 0.478 e. The van der Waals surface area contributed by atoms with Crippen LogP contribution in [0.3, 0.4) is 0 Å². The normalized spacial score (nSPS) is 19.5. The van der Waals surface area contributed by atoms with Crippen LogP contribution in [0.25, 0.3) is 0 Å². The van der Waals surface area contributed by atoms with Crippen molar-refractivity contribution in [3.63, 3.8) is 0 Å². The van der Waals surface area contributed by atoms with Crippen LogP contribution < -0.4 is 15.5 Å². The highest BCUT2D eigenvalue weighted by atomic mass is 35.5. The van der Waals surface area contributed by atoms with E-state index in [1.165, 1.54) is 6.07 Å². The number of carboxylic acids is 1. The molecule has 2 aliphatic rings. The summed E-state index contributed by atoms with van der Waals surface area (Å²) in [5.74, 6) is -1.91. The monoisotopic (exact) mass is 413 g/mol. The molecule has 3 rings (SSSR count). The molecule has 1 aliphatic heterocycles. The highest BCUT2D eigenvalue weighted by Gasteiger charge is 2.33. The van der Waals surface area contributed by atoms with Gasteiger partial charge in [-0.1, -0.05) is 11.6 Å². The van der Waals surface area contributed by atoms with Gasteiger partial charge in [-0.3, -0.25) is 0 Å². The minimum Gasteiger partial charge on any atom is -0.478 e. The van der Waals surface area contributed by atoms with E-state index in [4.69, 9.17) is 16.3 Å². The van der Waals surface area contributed by atoms with E-state index in [1.54, 1.807) is 25.7 Å². The van der Waals surface area contributed by atoms with E-state index in [9.17, 15) is 14.7 Å². The number of benzene rings is 1.